The van der Waals surface area contributed by atoms with Crippen LogP contribution in [0.4, 0.5) is 10.5 Å². The molecule has 2 aromatic rings. The minimum absolute atomic E-state index is 0.191. The van der Waals surface area contributed by atoms with Crippen LogP contribution < -0.4 is 15.4 Å². The molecular formula is C21H28N4O3. The van der Waals surface area contributed by atoms with E-state index in [1.807, 2.05) is 6.07 Å². The van der Waals surface area contributed by atoms with Crippen molar-refractivity contribution in [2.24, 2.45) is 0 Å². The third-order valence-corrected chi connectivity index (χ3v) is 4.70. The Bertz CT molecular complexity index is 716. The Hall–Kier alpha value is -2.64. The molecule has 7 heteroatoms. The van der Waals surface area contributed by atoms with Crippen molar-refractivity contribution in [2.45, 2.75) is 25.4 Å². The number of pyridine rings is 1. The molecule has 0 unspecified atom stereocenters. The van der Waals surface area contributed by atoms with Crippen molar-refractivity contribution in [3.8, 4) is 5.88 Å². The molecule has 7 nitrogen and oxygen atoms in total. The summed E-state index contributed by atoms with van der Waals surface area (Å²) in [5.74, 6) is 0.508. The number of methoxy groups -OCH3 is 1. The third kappa shape index (κ3) is 6.51. The fourth-order valence-electron chi connectivity index (χ4n) is 3.20. The van der Waals surface area contributed by atoms with Gasteiger partial charge in [-0.25, -0.2) is 9.78 Å². The number of hydrogen-bond donors (Lipinski definition) is 2. The number of carbonyl (C=O) groups is 1. The molecule has 0 atom stereocenters. The van der Waals surface area contributed by atoms with Crippen LogP contribution in [0.5, 0.6) is 5.88 Å². The van der Waals surface area contributed by atoms with E-state index in [-0.39, 0.29) is 12.1 Å². The van der Waals surface area contributed by atoms with Gasteiger partial charge in [-0.15, -0.1) is 0 Å². The van der Waals surface area contributed by atoms with Gasteiger partial charge in [0.15, 0.2) is 0 Å². The van der Waals surface area contributed by atoms with Crippen LogP contribution in [-0.2, 0) is 11.3 Å². The van der Waals surface area contributed by atoms with Crippen molar-refractivity contribution in [3.05, 3.63) is 54.2 Å². The van der Waals surface area contributed by atoms with Crippen molar-refractivity contribution in [3.63, 3.8) is 0 Å². The van der Waals surface area contributed by atoms with E-state index in [1.54, 1.807) is 25.4 Å². The lowest BCUT2D eigenvalue weighted by atomic mass is 10.0. The zero-order chi connectivity index (χ0) is 19.6. The van der Waals surface area contributed by atoms with Crippen molar-refractivity contribution >= 4 is 11.7 Å². The Morgan fingerprint density at radius 2 is 1.93 bits per heavy atom. The Balaban J connectivity index is 1.37. The zero-order valence-corrected chi connectivity index (χ0v) is 16.3. The monoisotopic (exact) mass is 384 g/mol. The molecule has 150 valence electrons. The first-order valence-corrected chi connectivity index (χ1v) is 9.64. The quantitative estimate of drug-likeness (QED) is 0.685. The summed E-state index contributed by atoms with van der Waals surface area (Å²) >= 11 is 0. The van der Waals surface area contributed by atoms with Gasteiger partial charge in [0, 0.05) is 38.9 Å². The van der Waals surface area contributed by atoms with Gasteiger partial charge >= 0.3 is 6.03 Å². The van der Waals surface area contributed by atoms with Crippen molar-refractivity contribution in [1.82, 2.24) is 15.2 Å². The van der Waals surface area contributed by atoms with Crippen LogP contribution in [0.3, 0.4) is 0 Å². The highest BCUT2D eigenvalue weighted by atomic mass is 16.5. The Morgan fingerprint density at radius 3 is 2.61 bits per heavy atom. The summed E-state index contributed by atoms with van der Waals surface area (Å²) in [4.78, 5) is 18.8. The molecule has 0 aliphatic carbocycles. The molecule has 2 heterocycles. The van der Waals surface area contributed by atoms with Gasteiger partial charge in [-0.05, 0) is 24.5 Å². The molecule has 1 aliphatic heterocycles. The predicted octanol–water partition coefficient (Wildman–Crippen LogP) is 2.89. The van der Waals surface area contributed by atoms with Crippen LogP contribution in [0.15, 0.2) is 48.7 Å². The van der Waals surface area contributed by atoms with Crippen LogP contribution in [-0.4, -0.2) is 55.4 Å². The molecule has 3 rings (SSSR count). The minimum atomic E-state index is -0.198. The van der Waals surface area contributed by atoms with E-state index >= 15 is 0 Å². The molecule has 2 amide bonds. The molecule has 1 fully saturated rings. The number of amides is 2. The summed E-state index contributed by atoms with van der Waals surface area (Å²) in [5, 5.41) is 5.88. The second-order valence-electron chi connectivity index (χ2n) is 6.86. The first-order valence-electron chi connectivity index (χ1n) is 9.64. The van der Waals surface area contributed by atoms with Gasteiger partial charge in [0.05, 0.1) is 18.5 Å². The van der Waals surface area contributed by atoms with Gasteiger partial charge in [-0.3, -0.25) is 4.90 Å². The molecular weight excluding hydrogens is 356 g/mol. The third-order valence-electron chi connectivity index (χ3n) is 4.70. The van der Waals surface area contributed by atoms with Gasteiger partial charge in [0.25, 0.3) is 0 Å². The van der Waals surface area contributed by atoms with E-state index in [0.29, 0.717) is 24.8 Å². The van der Waals surface area contributed by atoms with Gasteiger partial charge in [0.1, 0.15) is 6.61 Å². The number of aromatic nitrogens is 1. The topological polar surface area (TPSA) is 75.7 Å². The van der Waals surface area contributed by atoms with E-state index in [1.165, 1.54) is 5.56 Å². The summed E-state index contributed by atoms with van der Waals surface area (Å²) in [6, 6.07) is 14.0. The minimum Gasteiger partial charge on any atom is -0.475 e. The number of rotatable bonds is 8. The number of likely N-dealkylation sites (tertiary alicyclic amines) is 1. The molecule has 0 bridgehead atoms. The van der Waals surface area contributed by atoms with Gasteiger partial charge < -0.3 is 20.1 Å². The van der Waals surface area contributed by atoms with E-state index in [0.717, 1.165) is 32.5 Å². The fraction of sp³-hybridized carbons (Fsp3) is 0.429. The Morgan fingerprint density at radius 1 is 1.14 bits per heavy atom. The summed E-state index contributed by atoms with van der Waals surface area (Å²) in [5.41, 5.74) is 1.96. The maximum absolute atomic E-state index is 12.2. The number of anilines is 1. The number of nitrogens with one attached hydrogen (secondary N) is 2. The average molecular weight is 384 g/mol. The Kier molecular flexibility index (Phi) is 7.63. The number of hydrogen-bond acceptors (Lipinski definition) is 5. The van der Waals surface area contributed by atoms with Crippen molar-refractivity contribution in [1.29, 1.82) is 0 Å². The van der Waals surface area contributed by atoms with E-state index in [4.69, 9.17) is 9.47 Å². The Labute approximate surface area is 166 Å². The molecule has 1 saturated heterocycles. The van der Waals surface area contributed by atoms with Crippen LogP contribution in [0.1, 0.15) is 18.4 Å². The fourth-order valence-corrected chi connectivity index (χ4v) is 3.20. The average Bonchev–Trinajstić information content (AvgIpc) is 2.72. The number of benzene rings is 1. The van der Waals surface area contributed by atoms with E-state index < -0.39 is 0 Å². The van der Waals surface area contributed by atoms with E-state index in [9.17, 15) is 4.79 Å². The number of piperidine rings is 1. The second-order valence-corrected chi connectivity index (χ2v) is 6.86. The lowest BCUT2D eigenvalue weighted by Crippen LogP contribution is -2.45. The van der Waals surface area contributed by atoms with Crippen LogP contribution in [0, 0.1) is 0 Å². The number of nitrogens with zero attached hydrogens (tertiary/aromatic N) is 2. The van der Waals surface area contributed by atoms with Crippen molar-refractivity contribution in [2.75, 3.05) is 38.7 Å². The first kappa shape index (κ1) is 20.1. The molecule has 28 heavy (non-hydrogen) atoms. The van der Waals surface area contributed by atoms with Crippen LogP contribution in [0.25, 0.3) is 0 Å². The standard InChI is InChI=1S/C21H28N4O3/c1-27-13-14-28-20-8-7-19(15-22-20)24-21(26)23-18-9-11-25(12-10-18)16-17-5-3-2-4-6-17/h2-8,15,18H,9-14,16H2,1H3,(H2,23,24,26). The van der Waals surface area contributed by atoms with Gasteiger partial charge in [-0.1, -0.05) is 30.3 Å². The molecule has 1 aromatic carbocycles. The summed E-state index contributed by atoms with van der Waals surface area (Å²) < 4.78 is 10.3. The van der Waals surface area contributed by atoms with Gasteiger partial charge in [-0.2, -0.15) is 0 Å². The summed E-state index contributed by atoms with van der Waals surface area (Å²) in [6.07, 6.45) is 3.49. The van der Waals surface area contributed by atoms with Crippen molar-refractivity contribution < 1.29 is 14.3 Å². The van der Waals surface area contributed by atoms with Crippen LogP contribution >= 0.6 is 0 Å². The summed E-state index contributed by atoms with van der Waals surface area (Å²) in [6.45, 7) is 3.88. The maximum Gasteiger partial charge on any atom is 0.319 e. The highest BCUT2D eigenvalue weighted by molar-refractivity contribution is 5.89. The number of urea groups is 1. The number of carbonyl (C=O) groups excluding carboxylic acids is 1. The highest BCUT2D eigenvalue weighted by Crippen LogP contribution is 2.15. The van der Waals surface area contributed by atoms with Gasteiger partial charge in [0.2, 0.25) is 5.88 Å². The lowest BCUT2D eigenvalue weighted by molar-refractivity contribution is 0.144. The maximum atomic E-state index is 12.2. The smallest absolute Gasteiger partial charge is 0.319 e. The SMILES string of the molecule is COCCOc1ccc(NC(=O)NC2CCN(Cc3ccccc3)CC2)cn1. The summed E-state index contributed by atoms with van der Waals surface area (Å²) in [7, 11) is 1.62. The molecule has 0 spiro atoms. The largest absolute Gasteiger partial charge is 0.475 e. The van der Waals surface area contributed by atoms with Crippen LogP contribution in [0.2, 0.25) is 0 Å². The predicted molar refractivity (Wildman–Crippen MR) is 109 cm³/mol. The molecule has 1 aliphatic rings. The molecule has 2 N–H and O–H groups in total. The molecule has 1 aromatic heterocycles. The first-order chi connectivity index (χ1) is 13.7. The van der Waals surface area contributed by atoms with E-state index in [2.05, 4.69) is 44.8 Å². The number of ether oxygens (including phenoxy) is 2. The highest BCUT2D eigenvalue weighted by Gasteiger charge is 2.20. The molecule has 0 saturated carbocycles. The second kappa shape index (κ2) is 10.6. The lowest BCUT2D eigenvalue weighted by Gasteiger charge is -2.32. The zero-order valence-electron chi connectivity index (χ0n) is 16.3. The molecule has 0 radical (unpaired) electrons. The normalized spacial score (nSPS) is 15.2.